The highest BCUT2D eigenvalue weighted by Crippen LogP contribution is 2.27. The molecule has 1 heterocycles. The van der Waals surface area contributed by atoms with Crippen LogP contribution in [0.4, 0.5) is 5.69 Å². The Labute approximate surface area is 158 Å². The molecule has 2 aromatic rings. The number of halogens is 2. The predicted molar refractivity (Wildman–Crippen MR) is 104 cm³/mol. The number of hydrogen-bond acceptors (Lipinski definition) is 4. The van der Waals surface area contributed by atoms with E-state index in [0.29, 0.717) is 22.4 Å². The summed E-state index contributed by atoms with van der Waals surface area (Å²) >= 11 is 12.0. The molecule has 25 heavy (non-hydrogen) atoms. The molecule has 0 atom stereocenters. The van der Waals surface area contributed by atoms with E-state index in [2.05, 4.69) is 21.9 Å². The van der Waals surface area contributed by atoms with Gasteiger partial charge in [0.2, 0.25) is 0 Å². The molecule has 0 spiro atoms. The van der Waals surface area contributed by atoms with E-state index in [4.69, 9.17) is 32.7 Å². The minimum Gasteiger partial charge on any atom is -0.497 e. The Morgan fingerprint density at radius 3 is 2.52 bits per heavy atom. The molecular formula is C19H22Cl2N2O2. The standard InChI is InChI=1S/C19H22Cl2N2O2/c1-24-17-4-2-3-16(14-17)23-9-7-22(8-10-23)11-12-25-19-6-5-15(20)13-18(19)21/h2-6,13-14H,7-12H2,1H3. The van der Waals surface area contributed by atoms with Crippen LogP contribution in [0.3, 0.4) is 0 Å². The monoisotopic (exact) mass is 380 g/mol. The fourth-order valence-corrected chi connectivity index (χ4v) is 3.38. The van der Waals surface area contributed by atoms with Gasteiger partial charge in [-0.2, -0.15) is 0 Å². The van der Waals surface area contributed by atoms with Gasteiger partial charge in [-0.15, -0.1) is 0 Å². The second kappa shape index (κ2) is 8.65. The van der Waals surface area contributed by atoms with Crippen molar-refractivity contribution in [2.45, 2.75) is 0 Å². The van der Waals surface area contributed by atoms with Crippen LogP contribution in [0.5, 0.6) is 11.5 Å². The van der Waals surface area contributed by atoms with Gasteiger partial charge in [0, 0.05) is 49.5 Å². The van der Waals surface area contributed by atoms with E-state index in [0.717, 1.165) is 38.5 Å². The molecule has 4 nitrogen and oxygen atoms in total. The maximum Gasteiger partial charge on any atom is 0.138 e. The summed E-state index contributed by atoms with van der Waals surface area (Å²) in [6, 6.07) is 13.5. The zero-order valence-corrected chi connectivity index (χ0v) is 15.8. The van der Waals surface area contributed by atoms with Crippen LogP contribution in [0.1, 0.15) is 0 Å². The molecule has 1 saturated heterocycles. The van der Waals surface area contributed by atoms with Gasteiger partial charge in [-0.3, -0.25) is 4.90 Å². The third-order valence-corrected chi connectivity index (χ3v) is 4.88. The number of anilines is 1. The van der Waals surface area contributed by atoms with Gasteiger partial charge in [-0.1, -0.05) is 29.3 Å². The number of nitrogens with zero attached hydrogens (tertiary/aromatic N) is 2. The lowest BCUT2D eigenvalue weighted by Gasteiger charge is -2.36. The Morgan fingerprint density at radius 2 is 1.80 bits per heavy atom. The zero-order chi connectivity index (χ0) is 17.6. The van der Waals surface area contributed by atoms with Crippen LogP contribution in [-0.2, 0) is 0 Å². The van der Waals surface area contributed by atoms with Crippen molar-refractivity contribution in [1.29, 1.82) is 0 Å². The SMILES string of the molecule is COc1cccc(N2CCN(CCOc3ccc(Cl)cc3Cl)CC2)c1. The summed E-state index contributed by atoms with van der Waals surface area (Å²) in [5.74, 6) is 1.58. The van der Waals surface area contributed by atoms with Crippen molar-refractivity contribution >= 4 is 28.9 Å². The zero-order valence-electron chi connectivity index (χ0n) is 14.3. The summed E-state index contributed by atoms with van der Waals surface area (Å²) in [6.07, 6.45) is 0. The Morgan fingerprint density at radius 1 is 1.00 bits per heavy atom. The highest BCUT2D eigenvalue weighted by Gasteiger charge is 2.17. The molecule has 0 aliphatic carbocycles. The van der Waals surface area contributed by atoms with Crippen molar-refractivity contribution < 1.29 is 9.47 Å². The smallest absolute Gasteiger partial charge is 0.138 e. The quantitative estimate of drug-likeness (QED) is 0.749. The number of ether oxygens (including phenoxy) is 2. The van der Waals surface area contributed by atoms with Crippen LogP contribution in [0, 0.1) is 0 Å². The van der Waals surface area contributed by atoms with Crippen LogP contribution in [0.15, 0.2) is 42.5 Å². The molecule has 1 fully saturated rings. The van der Waals surface area contributed by atoms with Gasteiger partial charge in [0.15, 0.2) is 0 Å². The van der Waals surface area contributed by atoms with E-state index in [1.807, 2.05) is 18.2 Å². The number of rotatable bonds is 6. The molecule has 6 heteroatoms. The molecule has 1 aliphatic heterocycles. The largest absolute Gasteiger partial charge is 0.497 e. The number of piperazine rings is 1. The maximum absolute atomic E-state index is 6.12. The highest BCUT2D eigenvalue weighted by atomic mass is 35.5. The third-order valence-electron chi connectivity index (χ3n) is 4.35. The van der Waals surface area contributed by atoms with Crippen LogP contribution in [0.25, 0.3) is 0 Å². The van der Waals surface area contributed by atoms with Gasteiger partial charge < -0.3 is 14.4 Å². The topological polar surface area (TPSA) is 24.9 Å². The lowest BCUT2D eigenvalue weighted by atomic mass is 10.2. The molecule has 3 rings (SSSR count). The number of benzene rings is 2. The maximum atomic E-state index is 6.12. The van der Waals surface area contributed by atoms with Crippen molar-refractivity contribution in [2.24, 2.45) is 0 Å². The summed E-state index contributed by atoms with van der Waals surface area (Å²) in [5, 5.41) is 1.17. The molecule has 0 bridgehead atoms. The third kappa shape index (κ3) is 4.94. The normalized spacial score (nSPS) is 15.2. The fraction of sp³-hybridized carbons (Fsp3) is 0.368. The minimum atomic E-state index is 0.551. The second-order valence-electron chi connectivity index (χ2n) is 5.95. The first kappa shape index (κ1) is 18.2. The number of hydrogen-bond donors (Lipinski definition) is 0. The molecule has 0 aromatic heterocycles. The Bertz CT molecular complexity index is 704. The second-order valence-corrected chi connectivity index (χ2v) is 6.80. The van der Waals surface area contributed by atoms with E-state index in [1.54, 1.807) is 19.2 Å². The van der Waals surface area contributed by atoms with Crippen molar-refractivity contribution in [3.05, 3.63) is 52.5 Å². The summed E-state index contributed by atoms with van der Waals surface area (Å²) < 4.78 is 11.1. The van der Waals surface area contributed by atoms with Gasteiger partial charge in [0.25, 0.3) is 0 Å². The van der Waals surface area contributed by atoms with E-state index in [-0.39, 0.29) is 0 Å². The average molecular weight is 381 g/mol. The van der Waals surface area contributed by atoms with Crippen molar-refractivity contribution in [2.75, 3.05) is 51.3 Å². The van der Waals surface area contributed by atoms with Gasteiger partial charge in [0.1, 0.15) is 18.1 Å². The Hall–Kier alpha value is -1.62. The van der Waals surface area contributed by atoms with Crippen molar-refractivity contribution in [3.8, 4) is 11.5 Å². The number of methoxy groups -OCH3 is 1. The van der Waals surface area contributed by atoms with E-state index < -0.39 is 0 Å². The summed E-state index contributed by atoms with van der Waals surface area (Å²) in [4.78, 5) is 4.79. The molecule has 0 saturated carbocycles. The summed E-state index contributed by atoms with van der Waals surface area (Å²) in [5.41, 5.74) is 1.21. The summed E-state index contributed by atoms with van der Waals surface area (Å²) in [7, 11) is 1.70. The van der Waals surface area contributed by atoms with Crippen LogP contribution >= 0.6 is 23.2 Å². The first-order valence-corrected chi connectivity index (χ1v) is 9.10. The van der Waals surface area contributed by atoms with Crippen LogP contribution in [0.2, 0.25) is 10.0 Å². The molecule has 2 aromatic carbocycles. The highest BCUT2D eigenvalue weighted by molar-refractivity contribution is 6.35. The van der Waals surface area contributed by atoms with Gasteiger partial charge in [-0.05, 0) is 30.3 Å². The minimum absolute atomic E-state index is 0.551. The average Bonchev–Trinajstić information content (AvgIpc) is 2.64. The molecule has 0 radical (unpaired) electrons. The molecule has 0 unspecified atom stereocenters. The van der Waals surface area contributed by atoms with Crippen molar-refractivity contribution in [3.63, 3.8) is 0 Å². The molecule has 0 amide bonds. The van der Waals surface area contributed by atoms with E-state index >= 15 is 0 Å². The first-order valence-electron chi connectivity index (χ1n) is 8.35. The predicted octanol–water partition coefficient (Wildman–Crippen LogP) is 4.20. The summed E-state index contributed by atoms with van der Waals surface area (Å²) in [6.45, 7) is 5.50. The van der Waals surface area contributed by atoms with Gasteiger partial charge in [0.05, 0.1) is 12.1 Å². The molecular weight excluding hydrogens is 359 g/mol. The van der Waals surface area contributed by atoms with Gasteiger partial charge >= 0.3 is 0 Å². The molecule has 134 valence electrons. The first-order chi connectivity index (χ1) is 12.2. The molecule has 0 N–H and O–H groups in total. The lowest BCUT2D eigenvalue weighted by Crippen LogP contribution is -2.47. The Kier molecular flexibility index (Phi) is 6.29. The molecule has 1 aliphatic rings. The lowest BCUT2D eigenvalue weighted by molar-refractivity contribution is 0.200. The van der Waals surface area contributed by atoms with E-state index in [9.17, 15) is 0 Å². The van der Waals surface area contributed by atoms with Gasteiger partial charge in [-0.25, -0.2) is 0 Å². The van der Waals surface area contributed by atoms with Crippen molar-refractivity contribution in [1.82, 2.24) is 4.90 Å². The van der Waals surface area contributed by atoms with Crippen LogP contribution in [-0.4, -0.2) is 51.3 Å². The van der Waals surface area contributed by atoms with E-state index in [1.165, 1.54) is 5.69 Å². The van der Waals surface area contributed by atoms with Crippen LogP contribution < -0.4 is 14.4 Å². The fourth-order valence-electron chi connectivity index (χ4n) is 2.91. The Balaban J connectivity index is 1.44.